The first-order chi connectivity index (χ1) is 8.25. The van der Waals surface area contributed by atoms with Crippen molar-refractivity contribution in [3.8, 4) is 0 Å². The second kappa shape index (κ2) is 5.79. The van der Waals surface area contributed by atoms with Crippen molar-refractivity contribution in [3.63, 3.8) is 0 Å². The van der Waals surface area contributed by atoms with Crippen LogP contribution in [0.3, 0.4) is 0 Å². The van der Waals surface area contributed by atoms with Gasteiger partial charge in [0, 0.05) is 19.3 Å². The Hall–Kier alpha value is -1.40. The Balaban J connectivity index is 1.71. The SMILES string of the molecule is O=C(O)c1cn(CCOC2CCCCO2)cn1. The molecule has 6 nitrogen and oxygen atoms in total. The highest BCUT2D eigenvalue weighted by Crippen LogP contribution is 2.13. The van der Waals surface area contributed by atoms with Gasteiger partial charge in [-0.15, -0.1) is 0 Å². The third-order valence-corrected chi connectivity index (χ3v) is 2.64. The van der Waals surface area contributed by atoms with E-state index in [2.05, 4.69) is 4.98 Å². The van der Waals surface area contributed by atoms with E-state index in [1.165, 1.54) is 12.5 Å². The number of aromatic carboxylic acids is 1. The number of carbonyl (C=O) groups is 1. The Bertz CT molecular complexity index is 371. The summed E-state index contributed by atoms with van der Waals surface area (Å²) in [6.45, 7) is 1.85. The summed E-state index contributed by atoms with van der Waals surface area (Å²) in [5.41, 5.74) is 0.0546. The topological polar surface area (TPSA) is 73.6 Å². The largest absolute Gasteiger partial charge is 0.476 e. The molecule has 1 N–H and O–H groups in total. The highest BCUT2D eigenvalue weighted by atomic mass is 16.7. The monoisotopic (exact) mass is 240 g/mol. The van der Waals surface area contributed by atoms with E-state index in [0.717, 1.165) is 25.9 Å². The maximum absolute atomic E-state index is 10.6. The summed E-state index contributed by atoms with van der Waals surface area (Å²) in [7, 11) is 0. The van der Waals surface area contributed by atoms with E-state index in [4.69, 9.17) is 14.6 Å². The molecule has 1 aliphatic rings. The van der Waals surface area contributed by atoms with E-state index in [9.17, 15) is 4.79 Å². The highest BCUT2D eigenvalue weighted by molar-refractivity contribution is 5.84. The van der Waals surface area contributed by atoms with Crippen molar-refractivity contribution < 1.29 is 19.4 Å². The second-order valence-corrected chi connectivity index (χ2v) is 3.97. The quantitative estimate of drug-likeness (QED) is 0.835. The van der Waals surface area contributed by atoms with Crippen molar-refractivity contribution in [2.45, 2.75) is 32.1 Å². The maximum atomic E-state index is 10.6. The van der Waals surface area contributed by atoms with Crippen LogP contribution in [0.2, 0.25) is 0 Å². The minimum Gasteiger partial charge on any atom is -0.476 e. The zero-order chi connectivity index (χ0) is 12.1. The lowest BCUT2D eigenvalue weighted by Crippen LogP contribution is -2.23. The molecular formula is C11H16N2O4. The molecule has 0 radical (unpaired) electrons. The molecule has 0 bridgehead atoms. The summed E-state index contributed by atoms with van der Waals surface area (Å²) < 4.78 is 12.7. The zero-order valence-corrected chi connectivity index (χ0v) is 9.54. The maximum Gasteiger partial charge on any atom is 0.356 e. The molecule has 0 aliphatic carbocycles. The lowest BCUT2D eigenvalue weighted by molar-refractivity contribution is -0.163. The van der Waals surface area contributed by atoms with E-state index < -0.39 is 5.97 Å². The predicted molar refractivity (Wildman–Crippen MR) is 58.7 cm³/mol. The van der Waals surface area contributed by atoms with E-state index in [-0.39, 0.29) is 12.0 Å². The van der Waals surface area contributed by atoms with Crippen LogP contribution in [0.5, 0.6) is 0 Å². The van der Waals surface area contributed by atoms with Gasteiger partial charge in [-0.25, -0.2) is 9.78 Å². The molecule has 1 saturated heterocycles. The van der Waals surface area contributed by atoms with Gasteiger partial charge in [0.15, 0.2) is 12.0 Å². The minimum atomic E-state index is -1.01. The molecule has 6 heteroatoms. The van der Waals surface area contributed by atoms with Gasteiger partial charge in [0.25, 0.3) is 0 Å². The number of aromatic nitrogens is 2. The molecule has 1 atom stereocenters. The minimum absolute atomic E-state index is 0.0546. The van der Waals surface area contributed by atoms with Crippen molar-refractivity contribution in [1.29, 1.82) is 0 Å². The fraction of sp³-hybridized carbons (Fsp3) is 0.636. The van der Waals surface area contributed by atoms with Crippen molar-refractivity contribution >= 4 is 5.97 Å². The van der Waals surface area contributed by atoms with Crippen molar-refractivity contribution in [2.24, 2.45) is 0 Å². The van der Waals surface area contributed by atoms with Gasteiger partial charge in [0.05, 0.1) is 12.9 Å². The van der Waals surface area contributed by atoms with Gasteiger partial charge in [-0.2, -0.15) is 0 Å². The van der Waals surface area contributed by atoms with Crippen LogP contribution in [0.15, 0.2) is 12.5 Å². The first-order valence-corrected chi connectivity index (χ1v) is 5.74. The van der Waals surface area contributed by atoms with Crippen LogP contribution in [0.25, 0.3) is 0 Å². The summed E-state index contributed by atoms with van der Waals surface area (Å²) in [5, 5.41) is 8.70. The number of carboxylic acids is 1. The molecule has 1 fully saturated rings. The normalized spacial score (nSPS) is 20.4. The summed E-state index contributed by atoms with van der Waals surface area (Å²) >= 11 is 0. The molecule has 1 unspecified atom stereocenters. The Morgan fingerprint density at radius 2 is 2.53 bits per heavy atom. The molecule has 1 aliphatic heterocycles. The first-order valence-electron chi connectivity index (χ1n) is 5.74. The molecule has 1 aromatic heterocycles. The average Bonchev–Trinajstić information content (AvgIpc) is 2.79. The van der Waals surface area contributed by atoms with Crippen molar-refractivity contribution in [3.05, 3.63) is 18.2 Å². The molecule has 0 saturated carbocycles. The van der Waals surface area contributed by atoms with Gasteiger partial charge >= 0.3 is 5.97 Å². The number of hydrogen-bond acceptors (Lipinski definition) is 4. The van der Waals surface area contributed by atoms with Crippen LogP contribution >= 0.6 is 0 Å². The molecule has 0 amide bonds. The van der Waals surface area contributed by atoms with Gasteiger partial charge < -0.3 is 19.1 Å². The molecule has 2 heterocycles. The first kappa shape index (κ1) is 12.1. The molecule has 17 heavy (non-hydrogen) atoms. The van der Waals surface area contributed by atoms with Gasteiger partial charge in [-0.05, 0) is 19.3 Å². The fourth-order valence-corrected chi connectivity index (χ4v) is 1.73. The Kier molecular flexibility index (Phi) is 4.11. The number of rotatable bonds is 5. The molecule has 94 valence electrons. The highest BCUT2D eigenvalue weighted by Gasteiger charge is 2.13. The summed E-state index contributed by atoms with van der Waals surface area (Å²) in [5.74, 6) is -1.01. The van der Waals surface area contributed by atoms with Gasteiger partial charge in [-0.3, -0.25) is 0 Å². The fourth-order valence-electron chi connectivity index (χ4n) is 1.73. The molecule has 0 spiro atoms. The lowest BCUT2D eigenvalue weighted by atomic mass is 10.2. The standard InChI is InChI=1S/C11H16N2O4/c14-11(15)9-7-13(8-12-9)4-6-17-10-3-1-2-5-16-10/h7-8,10H,1-6H2,(H,14,15). The Morgan fingerprint density at radius 3 is 3.18 bits per heavy atom. The Labute approximate surface area is 99.2 Å². The summed E-state index contributed by atoms with van der Waals surface area (Å²) in [4.78, 5) is 14.4. The molecular weight excluding hydrogens is 224 g/mol. The van der Waals surface area contributed by atoms with Crippen LogP contribution in [-0.4, -0.2) is 40.1 Å². The lowest BCUT2D eigenvalue weighted by Gasteiger charge is -2.22. The van der Waals surface area contributed by atoms with Crippen LogP contribution in [0, 0.1) is 0 Å². The van der Waals surface area contributed by atoms with Gasteiger partial charge in [0.2, 0.25) is 0 Å². The van der Waals surface area contributed by atoms with Crippen LogP contribution < -0.4 is 0 Å². The summed E-state index contributed by atoms with van der Waals surface area (Å²) in [6.07, 6.45) is 6.06. The number of imidazole rings is 1. The molecule has 1 aromatic rings. The van der Waals surface area contributed by atoms with Gasteiger partial charge in [-0.1, -0.05) is 0 Å². The van der Waals surface area contributed by atoms with Crippen molar-refractivity contribution in [2.75, 3.05) is 13.2 Å². The number of carboxylic acid groups (broad SMARTS) is 1. The van der Waals surface area contributed by atoms with E-state index in [0.29, 0.717) is 13.2 Å². The van der Waals surface area contributed by atoms with E-state index in [1.54, 1.807) is 4.57 Å². The van der Waals surface area contributed by atoms with Crippen LogP contribution in [-0.2, 0) is 16.0 Å². The van der Waals surface area contributed by atoms with Gasteiger partial charge in [0.1, 0.15) is 0 Å². The van der Waals surface area contributed by atoms with E-state index in [1.807, 2.05) is 0 Å². The summed E-state index contributed by atoms with van der Waals surface area (Å²) in [6, 6.07) is 0. The average molecular weight is 240 g/mol. The smallest absolute Gasteiger partial charge is 0.356 e. The second-order valence-electron chi connectivity index (χ2n) is 3.97. The third-order valence-electron chi connectivity index (χ3n) is 2.64. The third kappa shape index (κ3) is 3.54. The Morgan fingerprint density at radius 1 is 1.65 bits per heavy atom. The van der Waals surface area contributed by atoms with E-state index >= 15 is 0 Å². The molecule has 0 aromatic carbocycles. The van der Waals surface area contributed by atoms with Crippen LogP contribution in [0.1, 0.15) is 29.8 Å². The van der Waals surface area contributed by atoms with Crippen molar-refractivity contribution in [1.82, 2.24) is 9.55 Å². The number of ether oxygens (including phenoxy) is 2. The molecule has 2 rings (SSSR count). The predicted octanol–water partition coefficient (Wildman–Crippen LogP) is 1.12. The zero-order valence-electron chi connectivity index (χ0n) is 9.54. The van der Waals surface area contributed by atoms with Crippen LogP contribution in [0.4, 0.5) is 0 Å². The number of hydrogen-bond donors (Lipinski definition) is 1. The number of nitrogens with zero attached hydrogens (tertiary/aromatic N) is 2.